The van der Waals surface area contributed by atoms with Crippen LogP contribution < -0.4 is 5.32 Å². The quantitative estimate of drug-likeness (QED) is 0.685. The fourth-order valence-electron chi connectivity index (χ4n) is 1.94. The summed E-state index contributed by atoms with van der Waals surface area (Å²) in [6.45, 7) is 3.60. The van der Waals surface area contributed by atoms with Gasteiger partial charge in [-0.25, -0.2) is 0 Å². The van der Waals surface area contributed by atoms with Crippen LogP contribution in [0.4, 0.5) is 11.4 Å². The lowest BCUT2D eigenvalue weighted by molar-refractivity contribution is -0.383. The minimum absolute atomic E-state index is 0.106. The monoisotopic (exact) mass is 270 g/mol. The third-order valence-electron chi connectivity index (χ3n) is 2.97. The minimum atomic E-state index is -0.501. The number of benzene rings is 2. The van der Waals surface area contributed by atoms with E-state index in [1.165, 1.54) is 6.07 Å². The predicted molar refractivity (Wildman–Crippen MR) is 77.0 cm³/mol. The lowest BCUT2D eigenvalue weighted by atomic mass is 10.1. The number of amides is 1. The van der Waals surface area contributed by atoms with E-state index in [2.05, 4.69) is 5.32 Å². The molecule has 0 aliphatic rings. The molecule has 2 rings (SSSR count). The van der Waals surface area contributed by atoms with Crippen molar-refractivity contribution < 1.29 is 9.72 Å². The highest BCUT2D eigenvalue weighted by Gasteiger charge is 2.18. The average molecular weight is 270 g/mol. The van der Waals surface area contributed by atoms with Crippen molar-refractivity contribution in [1.29, 1.82) is 0 Å². The van der Waals surface area contributed by atoms with Crippen molar-refractivity contribution in [2.45, 2.75) is 13.8 Å². The Labute approximate surface area is 116 Å². The summed E-state index contributed by atoms with van der Waals surface area (Å²) in [6.07, 6.45) is 0. The van der Waals surface area contributed by atoms with Gasteiger partial charge in [0.25, 0.3) is 11.6 Å². The third kappa shape index (κ3) is 2.83. The van der Waals surface area contributed by atoms with Gasteiger partial charge < -0.3 is 5.32 Å². The summed E-state index contributed by atoms with van der Waals surface area (Å²) in [4.78, 5) is 22.7. The molecule has 0 fully saturated rings. The second-order valence-corrected chi connectivity index (χ2v) is 4.55. The molecule has 1 amide bonds. The molecule has 0 spiro atoms. The molecular weight excluding hydrogens is 256 g/mol. The Kier molecular flexibility index (Phi) is 3.79. The van der Waals surface area contributed by atoms with Crippen molar-refractivity contribution in [3.05, 3.63) is 69.3 Å². The lowest BCUT2D eigenvalue weighted by Crippen LogP contribution is -2.14. The Hall–Kier alpha value is -2.69. The van der Waals surface area contributed by atoms with Crippen LogP contribution in [0.3, 0.4) is 0 Å². The van der Waals surface area contributed by atoms with Crippen molar-refractivity contribution in [1.82, 2.24) is 0 Å². The molecule has 0 saturated carbocycles. The number of nitrogens with one attached hydrogen (secondary N) is 1. The van der Waals surface area contributed by atoms with Gasteiger partial charge in [-0.15, -0.1) is 0 Å². The number of carbonyl (C=O) groups is 1. The molecule has 2 aromatic carbocycles. The van der Waals surface area contributed by atoms with E-state index in [1.807, 2.05) is 13.0 Å². The van der Waals surface area contributed by atoms with Crippen LogP contribution in [-0.4, -0.2) is 10.8 Å². The second-order valence-electron chi connectivity index (χ2n) is 4.55. The van der Waals surface area contributed by atoms with Gasteiger partial charge in [-0.3, -0.25) is 14.9 Å². The second kappa shape index (κ2) is 5.52. The summed E-state index contributed by atoms with van der Waals surface area (Å²) in [7, 11) is 0. The van der Waals surface area contributed by atoms with Crippen LogP contribution in [0.15, 0.2) is 42.5 Å². The maximum atomic E-state index is 12.2. The zero-order valence-electron chi connectivity index (χ0n) is 11.2. The van der Waals surface area contributed by atoms with Gasteiger partial charge in [-0.05, 0) is 31.5 Å². The summed E-state index contributed by atoms with van der Waals surface area (Å²) >= 11 is 0. The fraction of sp³-hybridized carbons (Fsp3) is 0.133. The van der Waals surface area contributed by atoms with Gasteiger partial charge in [-0.1, -0.05) is 29.8 Å². The number of hydrogen-bond donors (Lipinski definition) is 1. The van der Waals surface area contributed by atoms with Gasteiger partial charge in [0.15, 0.2) is 0 Å². The van der Waals surface area contributed by atoms with E-state index in [1.54, 1.807) is 37.3 Å². The molecule has 0 aromatic heterocycles. The molecule has 0 heterocycles. The molecule has 0 unspecified atom stereocenters. The van der Waals surface area contributed by atoms with E-state index in [4.69, 9.17) is 0 Å². The highest BCUT2D eigenvalue weighted by Crippen LogP contribution is 2.28. The van der Waals surface area contributed by atoms with E-state index in [0.29, 0.717) is 11.1 Å². The van der Waals surface area contributed by atoms with Crippen molar-refractivity contribution in [3.63, 3.8) is 0 Å². The molecule has 102 valence electrons. The summed E-state index contributed by atoms with van der Waals surface area (Å²) in [6, 6.07) is 11.8. The van der Waals surface area contributed by atoms with E-state index in [9.17, 15) is 14.9 Å². The number of hydrogen-bond acceptors (Lipinski definition) is 3. The van der Waals surface area contributed by atoms with Gasteiger partial charge in [0, 0.05) is 11.6 Å². The van der Waals surface area contributed by atoms with Gasteiger partial charge in [-0.2, -0.15) is 0 Å². The van der Waals surface area contributed by atoms with Crippen LogP contribution in [0, 0.1) is 24.0 Å². The van der Waals surface area contributed by atoms with E-state index in [-0.39, 0.29) is 17.3 Å². The van der Waals surface area contributed by atoms with Crippen molar-refractivity contribution in [2.24, 2.45) is 0 Å². The zero-order chi connectivity index (χ0) is 14.7. The van der Waals surface area contributed by atoms with Crippen LogP contribution in [0.1, 0.15) is 21.5 Å². The first-order valence-corrected chi connectivity index (χ1v) is 6.11. The van der Waals surface area contributed by atoms with E-state index in [0.717, 1.165) is 5.56 Å². The number of carbonyl (C=O) groups excluding carboxylic acids is 1. The number of nitro benzene ring substituents is 1. The molecule has 2 aromatic rings. The number of nitro groups is 1. The highest BCUT2D eigenvalue weighted by atomic mass is 16.6. The maximum Gasteiger partial charge on any atom is 0.293 e. The first kappa shape index (κ1) is 13.7. The van der Waals surface area contributed by atoms with Crippen LogP contribution in [0.25, 0.3) is 0 Å². The number of rotatable bonds is 3. The molecule has 0 atom stereocenters. The molecule has 5 nitrogen and oxygen atoms in total. The number of para-hydroxylation sites is 1. The Morgan fingerprint density at radius 1 is 1.15 bits per heavy atom. The third-order valence-corrected chi connectivity index (χ3v) is 2.97. The number of anilines is 1. The Bertz CT molecular complexity index is 681. The summed E-state index contributed by atoms with van der Waals surface area (Å²) in [5.41, 5.74) is 2.22. The van der Waals surface area contributed by atoms with Crippen molar-refractivity contribution in [2.75, 3.05) is 5.32 Å². The SMILES string of the molecule is Cc1cccc(C(=O)Nc2c(C)cccc2[N+](=O)[O-])c1. The van der Waals surface area contributed by atoms with Crippen molar-refractivity contribution >= 4 is 17.3 Å². The van der Waals surface area contributed by atoms with Crippen molar-refractivity contribution in [3.8, 4) is 0 Å². The van der Waals surface area contributed by atoms with Crippen LogP contribution in [0.2, 0.25) is 0 Å². The van der Waals surface area contributed by atoms with E-state index >= 15 is 0 Å². The lowest BCUT2D eigenvalue weighted by Gasteiger charge is -2.09. The summed E-state index contributed by atoms with van der Waals surface area (Å²) < 4.78 is 0. The van der Waals surface area contributed by atoms with Gasteiger partial charge in [0.2, 0.25) is 0 Å². The molecule has 0 radical (unpaired) electrons. The zero-order valence-corrected chi connectivity index (χ0v) is 11.2. The molecule has 0 saturated heterocycles. The van der Waals surface area contributed by atoms with Gasteiger partial charge in [0.1, 0.15) is 5.69 Å². The molecule has 0 bridgehead atoms. The summed E-state index contributed by atoms with van der Waals surface area (Å²) in [5.74, 6) is -0.355. The van der Waals surface area contributed by atoms with Gasteiger partial charge in [0.05, 0.1) is 4.92 Å². The minimum Gasteiger partial charge on any atom is -0.316 e. The first-order valence-electron chi connectivity index (χ1n) is 6.11. The molecule has 20 heavy (non-hydrogen) atoms. The molecular formula is C15H14N2O3. The van der Waals surface area contributed by atoms with Crippen LogP contribution in [-0.2, 0) is 0 Å². The average Bonchev–Trinajstić information content (AvgIpc) is 2.40. The Morgan fingerprint density at radius 2 is 1.85 bits per heavy atom. The number of nitrogens with zero attached hydrogens (tertiary/aromatic N) is 1. The Morgan fingerprint density at radius 3 is 2.50 bits per heavy atom. The molecule has 5 heteroatoms. The molecule has 0 aliphatic heterocycles. The standard InChI is InChI=1S/C15H14N2O3/c1-10-5-3-7-12(9-10)15(18)16-14-11(2)6-4-8-13(14)17(19)20/h3-9H,1-2H3,(H,16,18). The maximum absolute atomic E-state index is 12.2. The highest BCUT2D eigenvalue weighted by molar-refractivity contribution is 6.06. The smallest absolute Gasteiger partial charge is 0.293 e. The van der Waals surface area contributed by atoms with Crippen LogP contribution in [0.5, 0.6) is 0 Å². The predicted octanol–water partition coefficient (Wildman–Crippen LogP) is 3.46. The summed E-state index contributed by atoms with van der Waals surface area (Å²) in [5, 5.41) is 13.6. The van der Waals surface area contributed by atoms with Crippen LogP contribution >= 0.6 is 0 Å². The fourth-order valence-corrected chi connectivity index (χ4v) is 1.94. The van der Waals surface area contributed by atoms with Gasteiger partial charge >= 0.3 is 0 Å². The number of aryl methyl sites for hydroxylation is 2. The normalized spacial score (nSPS) is 10.1. The topological polar surface area (TPSA) is 72.2 Å². The molecule has 1 N–H and O–H groups in total. The largest absolute Gasteiger partial charge is 0.316 e. The Balaban J connectivity index is 2.35. The van der Waals surface area contributed by atoms with E-state index < -0.39 is 4.92 Å². The molecule has 0 aliphatic carbocycles. The first-order chi connectivity index (χ1) is 9.49.